The average Bonchev–Trinajstić information content (AvgIpc) is 3.16. The smallest absolute Gasteiger partial charge is 0.196 e. The maximum atomic E-state index is 5.38. The Kier molecular flexibility index (Phi) is 3.72. The van der Waals surface area contributed by atoms with Gasteiger partial charge in [0, 0.05) is 0 Å². The summed E-state index contributed by atoms with van der Waals surface area (Å²) in [5.74, 6) is 0.761. The van der Waals surface area contributed by atoms with Crippen LogP contribution in [0.1, 0.15) is 16.8 Å². The molecule has 0 saturated carbocycles. The second-order valence-corrected chi connectivity index (χ2v) is 6.45. The summed E-state index contributed by atoms with van der Waals surface area (Å²) in [5, 5.41) is 12.5. The van der Waals surface area contributed by atoms with Crippen molar-refractivity contribution in [2.75, 3.05) is 5.43 Å². The first-order valence-corrected chi connectivity index (χ1v) is 8.39. The van der Waals surface area contributed by atoms with E-state index in [9.17, 15) is 0 Å². The summed E-state index contributed by atoms with van der Waals surface area (Å²) in [6.45, 7) is 0. The molecule has 0 bridgehead atoms. The van der Waals surface area contributed by atoms with Crippen molar-refractivity contribution in [3.05, 3.63) is 76.8 Å². The van der Waals surface area contributed by atoms with Crippen LogP contribution < -0.4 is 5.43 Å². The lowest BCUT2D eigenvalue weighted by atomic mass is 10.2. The monoisotopic (exact) mass is 339 g/mol. The number of aromatic amines is 1. The van der Waals surface area contributed by atoms with E-state index < -0.39 is 0 Å². The van der Waals surface area contributed by atoms with Crippen molar-refractivity contribution < 1.29 is 0 Å². The number of hydrazone groups is 1. The molecule has 7 heteroatoms. The van der Waals surface area contributed by atoms with Gasteiger partial charge in [-0.3, -0.25) is 15.1 Å². The van der Waals surface area contributed by atoms with Crippen LogP contribution in [0.3, 0.4) is 0 Å². The number of fused-ring (bicyclic) bond motifs is 1. The zero-order chi connectivity index (χ0) is 15.6. The highest BCUT2D eigenvalue weighted by molar-refractivity contribution is 8.15. The minimum Gasteiger partial charge on any atom is -0.281 e. The van der Waals surface area contributed by atoms with Crippen LogP contribution in [0.4, 0.5) is 5.69 Å². The molecule has 1 atom stereocenters. The Hall–Kier alpha value is -2.38. The number of nitrogens with zero attached hydrogens (tertiary/aromatic N) is 3. The number of aromatic nitrogens is 3. The molecule has 2 N–H and O–H groups in total. The lowest BCUT2D eigenvalue weighted by Crippen LogP contribution is -2.03. The average molecular weight is 339 g/mol. The van der Waals surface area contributed by atoms with Gasteiger partial charge in [0.05, 0.1) is 5.69 Å². The largest absolute Gasteiger partial charge is 0.281 e. The molecule has 3 aromatic rings. The lowest BCUT2D eigenvalue weighted by molar-refractivity contribution is 0.768. The van der Waals surface area contributed by atoms with Gasteiger partial charge in [-0.15, -0.1) is 0 Å². The van der Waals surface area contributed by atoms with Crippen molar-refractivity contribution in [1.82, 2.24) is 14.8 Å². The van der Waals surface area contributed by atoms with Gasteiger partial charge in [0.15, 0.2) is 15.6 Å². The number of anilines is 1. The van der Waals surface area contributed by atoms with E-state index in [4.69, 9.17) is 12.2 Å². The fourth-order valence-electron chi connectivity index (χ4n) is 2.42. The van der Waals surface area contributed by atoms with E-state index in [-0.39, 0.29) is 5.37 Å². The van der Waals surface area contributed by atoms with Gasteiger partial charge in [-0.25, -0.2) is 0 Å². The van der Waals surface area contributed by atoms with E-state index in [1.807, 2.05) is 53.1 Å². The second kappa shape index (κ2) is 6.02. The molecule has 2 aromatic carbocycles. The van der Waals surface area contributed by atoms with E-state index in [1.54, 1.807) is 11.8 Å². The molecule has 0 radical (unpaired) electrons. The summed E-state index contributed by atoms with van der Waals surface area (Å²) in [5.41, 5.74) is 5.18. The number of rotatable bonds is 3. The molecule has 0 unspecified atom stereocenters. The van der Waals surface area contributed by atoms with Crippen LogP contribution in [0, 0.1) is 4.77 Å². The van der Waals surface area contributed by atoms with Crippen molar-refractivity contribution >= 4 is 34.7 Å². The molecule has 0 fully saturated rings. The molecule has 0 spiro atoms. The number of thioether (sulfide) groups is 1. The summed E-state index contributed by atoms with van der Waals surface area (Å²) >= 11 is 7.01. The highest BCUT2D eigenvalue weighted by Crippen LogP contribution is 2.40. The fraction of sp³-hybridized carbons (Fsp3) is 0.0625. The van der Waals surface area contributed by atoms with Crippen molar-refractivity contribution in [2.45, 2.75) is 5.37 Å². The van der Waals surface area contributed by atoms with Crippen LogP contribution in [-0.4, -0.2) is 19.8 Å². The molecule has 4 rings (SSSR count). The van der Waals surface area contributed by atoms with Crippen LogP contribution in [0.25, 0.3) is 0 Å². The molecule has 114 valence electrons. The van der Waals surface area contributed by atoms with Crippen molar-refractivity contribution in [3.8, 4) is 0 Å². The zero-order valence-electron chi connectivity index (χ0n) is 12.0. The van der Waals surface area contributed by atoms with Crippen LogP contribution >= 0.6 is 24.0 Å². The highest BCUT2D eigenvalue weighted by Gasteiger charge is 2.32. The molecule has 1 aliphatic heterocycles. The first-order chi connectivity index (χ1) is 11.3. The van der Waals surface area contributed by atoms with E-state index in [2.05, 4.69) is 32.9 Å². The third kappa shape index (κ3) is 2.69. The number of nitrogens with one attached hydrogen (secondary N) is 2. The van der Waals surface area contributed by atoms with E-state index >= 15 is 0 Å². The molecule has 23 heavy (non-hydrogen) atoms. The Bertz CT molecular complexity index is 899. The Labute approximate surface area is 142 Å². The summed E-state index contributed by atoms with van der Waals surface area (Å²) in [6.07, 6.45) is 0. The molecular formula is C16H13N5S2. The molecular weight excluding hydrogens is 326 g/mol. The number of benzene rings is 2. The molecule has 1 aromatic heterocycles. The maximum absolute atomic E-state index is 5.38. The normalized spacial score (nSPS) is 18.1. The van der Waals surface area contributed by atoms with E-state index in [0.717, 1.165) is 16.6 Å². The van der Waals surface area contributed by atoms with Gasteiger partial charge in [0.1, 0.15) is 5.37 Å². The predicted octanol–water partition coefficient (Wildman–Crippen LogP) is 4.01. The second-order valence-electron chi connectivity index (χ2n) is 5.00. The molecule has 0 amide bonds. The van der Waals surface area contributed by atoms with Gasteiger partial charge in [-0.05, 0) is 29.9 Å². The molecule has 1 aliphatic rings. The van der Waals surface area contributed by atoms with E-state index in [0.29, 0.717) is 4.77 Å². The molecule has 5 nitrogen and oxygen atoms in total. The standard InChI is InChI=1S/C16H13N5S2/c22-16-20-18-13-14(19-17-12-9-5-2-6-10-12)23-15(21(13)16)11-7-3-1-4-8-11/h1-10,15,17H,(H,20,22)/b19-14-/t15-/m0/s1. The summed E-state index contributed by atoms with van der Waals surface area (Å²) in [4.78, 5) is 0. The van der Waals surface area contributed by atoms with Gasteiger partial charge < -0.3 is 0 Å². The van der Waals surface area contributed by atoms with Gasteiger partial charge in [0.25, 0.3) is 0 Å². The number of hydrogen-bond donors (Lipinski definition) is 2. The Morgan fingerprint density at radius 3 is 2.52 bits per heavy atom. The van der Waals surface area contributed by atoms with Gasteiger partial charge in [0.2, 0.25) is 0 Å². The molecule has 2 heterocycles. The number of hydrogen-bond acceptors (Lipinski definition) is 5. The first kappa shape index (κ1) is 14.2. The Morgan fingerprint density at radius 1 is 1.09 bits per heavy atom. The van der Waals surface area contributed by atoms with E-state index in [1.165, 1.54) is 5.56 Å². The van der Waals surface area contributed by atoms with Crippen LogP contribution in [-0.2, 0) is 0 Å². The highest BCUT2D eigenvalue weighted by atomic mass is 32.2. The quantitative estimate of drug-likeness (QED) is 0.559. The van der Waals surface area contributed by atoms with Crippen molar-refractivity contribution in [3.63, 3.8) is 0 Å². The van der Waals surface area contributed by atoms with Crippen LogP contribution in [0.15, 0.2) is 65.8 Å². The minimum absolute atomic E-state index is 0.0498. The topological polar surface area (TPSA) is 58.0 Å². The van der Waals surface area contributed by atoms with Crippen molar-refractivity contribution in [1.29, 1.82) is 0 Å². The third-order valence-corrected chi connectivity index (χ3v) is 4.99. The lowest BCUT2D eigenvalue weighted by Gasteiger charge is -2.10. The fourth-order valence-corrected chi connectivity index (χ4v) is 3.89. The van der Waals surface area contributed by atoms with Gasteiger partial charge in [-0.2, -0.15) is 10.2 Å². The van der Waals surface area contributed by atoms with Gasteiger partial charge in [-0.1, -0.05) is 60.3 Å². The maximum Gasteiger partial charge on any atom is 0.196 e. The molecule has 0 saturated heterocycles. The first-order valence-electron chi connectivity index (χ1n) is 7.10. The SMILES string of the molecule is S=c1[nH]nc2n1[C@H](c1ccccc1)S/C2=N\Nc1ccccc1. The Morgan fingerprint density at radius 2 is 1.78 bits per heavy atom. The van der Waals surface area contributed by atoms with Crippen LogP contribution in [0.2, 0.25) is 0 Å². The van der Waals surface area contributed by atoms with Gasteiger partial charge >= 0.3 is 0 Å². The third-order valence-electron chi connectivity index (χ3n) is 3.50. The minimum atomic E-state index is 0.0498. The summed E-state index contributed by atoms with van der Waals surface area (Å²) < 4.78 is 2.60. The number of H-pyrrole nitrogens is 1. The molecule has 0 aliphatic carbocycles. The summed E-state index contributed by atoms with van der Waals surface area (Å²) in [7, 11) is 0. The zero-order valence-corrected chi connectivity index (χ0v) is 13.6. The predicted molar refractivity (Wildman–Crippen MR) is 96.2 cm³/mol. The summed E-state index contributed by atoms with van der Waals surface area (Å²) in [6, 6.07) is 20.1. The Balaban J connectivity index is 1.70. The van der Waals surface area contributed by atoms with Crippen LogP contribution in [0.5, 0.6) is 0 Å². The number of para-hydroxylation sites is 1. The van der Waals surface area contributed by atoms with Crippen molar-refractivity contribution in [2.24, 2.45) is 5.10 Å².